The SMILES string of the molecule is CCOc1cc(-c2ccc(NC3(C(=O)O)CCOCC3)cc2COC2CCCC2)cc(C)c1C. The molecule has 6 heteroatoms. The molecule has 4 rings (SSSR count). The summed E-state index contributed by atoms with van der Waals surface area (Å²) in [7, 11) is 0. The zero-order chi connectivity index (χ0) is 24.1. The molecule has 0 amide bonds. The normalized spacial score (nSPS) is 18.1. The Morgan fingerprint density at radius 2 is 1.88 bits per heavy atom. The lowest BCUT2D eigenvalue weighted by Gasteiger charge is -2.35. The van der Waals surface area contributed by atoms with E-state index in [-0.39, 0.29) is 0 Å². The first-order valence-corrected chi connectivity index (χ1v) is 12.5. The van der Waals surface area contributed by atoms with E-state index in [1.165, 1.54) is 18.4 Å². The maximum atomic E-state index is 12.2. The molecule has 0 aromatic heterocycles. The molecule has 2 aromatic carbocycles. The van der Waals surface area contributed by atoms with Gasteiger partial charge in [-0.3, -0.25) is 0 Å². The summed E-state index contributed by atoms with van der Waals surface area (Å²) < 4.78 is 17.6. The third kappa shape index (κ3) is 5.39. The van der Waals surface area contributed by atoms with Crippen molar-refractivity contribution in [2.24, 2.45) is 0 Å². The molecule has 0 atom stereocenters. The summed E-state index contributed by atoms with van der Waals surface area (Å²) in [5, 5.41) is 13.3. The fourth-order valence-corrected chi connectivity index (χ4v) is 5.01. The summed E-state index contributed by atoms with van der Waals surface area (Å²) in [6.07, 6.45) is 5.82. The number of aliphatic carboxylic acids is 1. The van der Waals surface area contributed by atoms with Crippen LogP contribution in [0.1, 0.15) is 62.1 Å². The predicted octanol–water partition coefficient (Wildman–Crippen LogP) is 5.87. The van der Waals surface area contributed by atoms with Crippen LogP contribution in [0.3, 0.4) is 0 Å². The van der Waals surface area contributed by atoms with Crippen LogP contribution in [0, 0.1) is 13.8 Å². The fraction of sp³-hybridized carbons (Fsp3) is 0.536. The van der Waals surface area contributed by atoms with Crippen molar-refractivity contribution in [2.45, 2.75) is 77.5 Å². The van der Waals surface area contributed by atoms with Crippen molar-refractivity contribution in [1.82, 2.24) is 0 Å². The average Bonchev–Trinajstić information content (AvgIpc) is 3.35. The molecule has 0 bridgehead atoms. The number of carbonyl (C=O) groups is 1. The molecular formula is C28H37NO5. The largest absolute Gasteiger partial charge is 0.494 e. The molecule has 1 saturated carbocycles. The lowest BCUT2D eigenvalue weighted by Crippen LogP contribution is -2.50. The van der Waals surface area contributed by atoms with E-state index >= 15 is 0 Å². The molecule has 0 radical (unpaired) electrons. The number of aryl methyl sites for hydroxylation is 1. The molecule has 1 aliphatic heterocycles. The number of carboxylic acid groups (broad SMARTS) is 1. The van der Waals surface area contributed by atoms with Gasteiger partial charge in [-0.25, -0.2) is 4.79 Å². The van der Waals surface area contributed by atoms with Crippen molar-refractivity contribution in [3.63, 3.8) is 0 Å². The van der Waals surface area contributed by atoms with Gasteiger partial charge in [-0.15, -0.1) is 0 Å². The Labute approximate surface area is 202 Å². The Kier molecular flexibility index (Phi) is 7.79. The molecule has 2 aliphatic rings. The van der Waals surface area contributed by atoms with Gasteiger partial charge >= 0.3 is 5.97 Å². The van der Waals surface area contributed by atoms with Crippen LogP contribution in [0.4, 0.5) is 5.69 Å². The van der Waals surface area contributed by atoms with E-state index in [4.69, 9.17) is 14.2 Å². The smallest absolute Gasteiger partial charge is 0.329 e. The number of rotatable bonds is 9. The van der Waals surface area contributed by atoms with Gasteiger partial charge in [0, 0.05) is 31.7 Å². The molecule has 0 spiro atoms. The van der Waals surface area contributed by atoms with Gasteiger partial charge in [-0.05, 0) is 79.6 Å². The van der Waals surface area contributed by atoms with Crippen molar-refractivity contribution in [3.8, 4) is 16.9 Å². The number of hydrogen-bond donors (Lipinski definition) is 2. The molecule has 184 valence electrons. The van der Waals surface area contributed by atoms with E-state index in [0.29, 0.717) is 45.4 Å². The van der Waals surface area contributed by atoms with Crippen LogP contribution in [0.15, 0.2) is 30.3 Å². The standard InChI is InChI=1S/C28H37NO5/c1-4-33-26-17-21(15-19(2)20(26)3)25-10-9-23(16-22(25)18-34-24-7-5-6-8-24)29-28(27(30)31)11-13-32-14-12-28/h9-10,15-17,24,29H,4-8,11-14,18H2,1-3H3,(H,30,31). The van der Waals surface area contributed by atoms with Crippen molar-refractivity contribution in [2.75, 3.05) is 25.1 Å². The second-order valence-electron chi connectivity index (χ2n) is 9.56. The van der Waals surface area contributed by atoms with Crippen molar-refractivity contribution in [3.05, 3.63) is 47.0 Å². The molecule has 2 fully saturated rings. The number of hydrogen-bond acceptors (Lipinski definition) is 5. The molecule has 1 heterocycles. The minimum absolute atomic E-state index is 0.295. The third-order valence-electron chi connectivity index (χ3n) is 7.25. The van der Waals surface area contributed by atoms with Gasteiger partial charge in [0.2, 0.25) is 0 Å². The molecular weight excluding hydrogens is 430 g/mol. The van der Waals surface area contributed by atoms with Crippen LogP contribution < -0.4 is 10.1 Å². The van der Waals surface area contributed by atoms with Gasteiger partial charge in [0.1, 0.15) is 11.3 Å². The lowest BCUT2D eigenvalue weighted by molar-refractivity contribution is -0.145. The minimum Gasteiger partial charge on any atom is -0.494 e. The maximum absolute atomic E-state index is 12.2. The van der Waals surface area contributed by atoms with Gasteiger partial charge in [-0.1, -0.05) is 25.0 Å². The van der Waals surface area contributed by atoms with Crippen LogP contribution >= 0.6 is 0 Å². The summed E-state index contributed by atoms with van der Waals surface area (Å²) in [5.41, 5.74) is 5.34. The van der Waals surface area contributed by atoms with E-state index in [1.807, 2.05) is 13.0 Å². The first-order chi connectivity index (χ1) is 16.4. The van der Waals surface area contributed by atoms with Gasteiger partial charge in [0.05, 0.1) is 19.3 Å². The lowest BCUT2D eigenvalue weighted by atomic mass is 9.89. The highest BCUT2D eigenvalue weighted by atomic mass is 16.5. The summed E-state index contributed by atoms with van der Waals surface area (Å²) in [4.78, 5) is 12.2. The Morgan fingerprint density at radius 3 is 2.56 bits per heavy atom. The van der Waals surface area contributed by atoms with Crippen LogP contribution in [0.2, 0.25) is 0 Å². The van der Waals surface area contributed by atoms with E-state index in [1.54, 1.807) is 0 Å². The fourth-order valence-electron chi connectivity index (χ4n) is 5.01. The highest BCUT2D eigenvalue weighted by molar-refractivity contribution is 5.83. The second kappa shape index (κ2) is 10.8. The Bertz CT molecular complexity index is 1010. The zero-order valence-electron chi connectivity index (χ0n) is 20.6. The molecule has 34 heavy (non-hydrogen) atoms. The van der Waals surface area contributed by atoms with E-state index in [0.717, 1.165) is 46.5 Å². The van der Waals surface area contributed by atoms with Crippen LogP contribution in [-0.4, -0.2) is 42.5 Å². The minimum atomic E-state index is -1.01. The molecule has 1 saturated heterocycles. The maximum Gasteiger partial charge on any atom is 0.329 e. The number of nitrogens with one attached hydrogen (secondary N) is 1. The first kappa shape index (κ1) is 24.6. The second-order valence-corrected chi connectivity index (χ2v) is 9.56. The number of benzene rings is 2. The summed E-state index contributed by atoms with van der Waals surface area (Å²) in [6, 6.07) is 10.4. The van der Waals surface area contributed by atoms with E-state index in [9.17, 15) is 9.90 Å². The van der Waals surface area contributed by atoms with Gasteiger partial charge in [0.25, 0.3) is 0 Å². The third-order valence-corrected chi connectivity index (χ3v) is 7.25. The molecule has 2 aromatic rings. The monoisotopic (exact) mass is 467 g/mol. The van der Waals surface area contributed by atoms with Crippen LogP contribution in [0.25, 0.3) is 11.1 Å². The summed E-state index contributed by atoms with van der Waals surface area (Å²) >= 11 is 0. The summed E-state index contributed by atoms with van der Waals surface area (Å²) in [5.74, 6) is 0.0635. The Balaban J connectivity index is 1.69. The van der Waals surface area contributed by atoms with Crippen molar-refractivity contribution >= 4 is 11.7 Å². The molecule has 1 aliphatic carbocycles. The van der Waals surface area contributed by atoms with Crippen molar-refractivity contribution < 1.29 is 24.1 Å². The number of ether oxygens (including phenoxy) is 3. The zero-order valence-corrected chi connectivity index (χ0v) is 20.6. The van der Waals surface area contributed by atoms with E-state index < -0.39 is 11.5 Å². The van der Waals surface area contributed by atoms with Crippen LogP contribution in [-0.2, 0) is 20.9 Å². The van der Waals surface area contributed by atoms with Gasteiger partial charge in [-0.2, -0.15) is 0 Å². The Hall–Kier alpha value is -2.57. The van der Waals surface area contributed by atoms with Gasteiger partial charge < -0.3 is 24.6 Å². The van der Waals surface area contributed by atoms with Crippen molar-refractivity contribution in [1.29, 1.82) is 0 Å². The Morgan fingerprint density at radius 1 is 1.15 bits per heavy atom. The predicted molar refractivity (Wildman–Crippen MR) is 134 cm³/mol. The topological polar surface area (TPSA) is 77.0 Å². The number of carboxylic acids is 1. The number of anilines is 1. The highest BCUT2D eigenvalue weighted by Gasteiger charge is 2.40. The van der Waals surface area contributed by atoms with E-state index in [2.05, 4.69) is 43.4 Å². The molecule has 0 unspecified atom stereocenters. The average molecular weight is 468 g/mol. The molecule has 2 N–H and O–H groups in total. The quantitative estimate of drug-likeness (QED) is 0.480. The van der Waals surface area contributed by atoms with Gasteiger partial charge in [0.15, 0.2) is 0 Å². The molecule has 6 nitrogen and oxygen atoms in total. The van der Waals surface area contributed by atoms with Crippen LogP contribution in [0.5, 0.6) is 5.75 Å². The highest BCUT2D eigenvalue weighted by Crippen LogP contribution is 2.35. The first-order valence-electron chi connectivity index (χ1n) is 12.5. The summed E-state index contributed by atoms with van der Waals surface area (Å²) in [6.45, 7) is 8.18.